The Labute approximate surface area is 146 Å². The Morgan fingerprint density at radius 1 is 0.720 bits per heavy atom. The fourth-order valence-electron chi connectivity index (χ4n) is 2.36. The molecule has 0 aliphatic carbocycles. The molecule has 25 heavy (non-hydrogen) atoms. The van der Waals surface area contributed by atoms with E-state index in [-0.39, 0.29) is 5.57 Å². The van der Waals surface area contributed by atoms with Crippen LogP contribution in [0.15, 0.2) is 76.7 Å². The number of hydrogen-bond acceptors (Lipinski definition) is 3. The average molecular weight is 322 g/mol. The van der Waals surface area contributed by atoms with Crippen LogP contribution in [0, 0.1) is 22.7 Å². The van der Waals surface area contributed by atoms with Gasteiger partial charge in [-0.1, -0.05) is 60.7 Å². The molecule has 118 valence electrons. The van der Waals surface area contributed by atoms with Gasteiger partial charge in [0, 0.05) is 6.08 Å². The van der Waals surface area contributed by atoms with Gasteiger partial charge in [0.15, 0.2) is 0 Å². The first kappa shape index (κ1) is 16.1. The molecule has 0 aliphatic rings. The average Bonchev–Trinajstić information content (AvgIpc) is 3.13. The standard InChI is InChI=1S/C22H14N2O/c23-15-18(16-24)14-22-13-12-21(25-22)11-8-17-6-9-20(10-7-17)19-4-2-1-3-5-19/h1-14H/b11-8+. The molecule has 0 radical (unpaired) electrons. The largest absolute Gasteiger partial charge is 0.457 e. The van der Waals surface area contributed by atoms with Crippen molar-refractivity contribution in [2.45, 2.75) is 0 Å². The number of rotatable bonds is 4. The highest BCUT2D eigenvalue weighted by Crippen LogP contribution is 2.20. The van der Waals surface area contributed by atoms with Crippen molar-refractivity contribution in [2.24, 2.45) is 0 Å². The van der Waals surface area contributed by atoms with E-state index in [0.717, 1.165) is 5.56 Å². The second kappa shape index (κ2) is 7.64. The van der Waals surface area contributed by atoms with Crippen molar-refractivity contribution in [1.29, 1.82) is 10.5 Å². The normalized spacial score (nSPS) is 10.2. The van der Waals surface area contributed by atoms with Gasteiger partial charge in [-0.15, -0.1) is 0 Å². The lowest BCUT2D eigenvalue weighted by Crippen LogP contribution is -1.77. The number of furan rings is 1. The molecule has 0 aliphatic heterocycles. The monoisotopic (exact) mass is 322 g/mol. The Kier molecular flexibility index (Phi) is 4.90. The predicted octanol–water partition coefficient (Wildman–Crippen LogP) is 5.55. The lowest BCUT2D eigenvalue weighted by atomic mass is 10.0. The first-order valence-corrected chi connectivity index (χ1v) is 7.74. The van der Waals surface area contributed by atoms with Crippen molar-refractivity contribution in [1.82, 2.24) is 0 Å². The fourth-order valence-corrected chi connectivity index (χ4v) is 2.36. The fraction of sp³-hybridized carbons (Fsp3) is 0. The molecule has 0 saturated heterocycles. The number of allylic oxidation sites excluding steroid dienone is 1. The summed E-state index contributed by atoms with van der Waals surface area (Å²) < 4.78 is 5.57. The number of benzene rings is 2. The van der Waals surface area contributed by atoms with E-state index in [2.05, 4.69) is 24.3 Å². The third-order valence-electron chi connectivity index (χ3n) is 3.63. The molecule has 3 rings (SSSR count). The molecule has 0 bridgehead atoms. The quantitative estimate of drug-likeness (QED) is 0.592. The summed E-state index contributed by atoms with van der Waals surface area (Å²) in [5.41, 5.74) is 3.43. The minimum atomic E-state index is 0.0152. The van der Waals surface area contributed by atoms with Crippen LogP contribution in [0.5, 0.6) is 0 Å². The van der Waals surface area contributed by atoms with Crippen LogP contribution in [0.4, 0.5) is 0 Å². The van der Waals surface area contributed by atoms with Crippen LogP contribution < -0.4 is 0 Å². The molecule has 2 aromatic carbocycles. The molecule has 0 fully saturated rings. The second-order valence-corrected chi connectivity index (χ2v) is 5.34. The van der Waals surface area contributed by atoms with Gasteiger partial charge in [-0.2, -0.15) is 10.5 Å². The molecule has 0 N–H and O–H groups in total. The van der Waals surface area contributed by atoms with E-state index in [9.17, 15) is 0 Å². The predicted molar refractivity (Wildman–Crippen MR) is 98.7 cm³/mol. The molecule has 3 aromatic rings. The summed E-state index contributed by atoms with van der Waals surface area (Å²) in [7, 11) is 0. The van der Waals surface area contributed by atoms with Gasteiger partial charge in [0.05, 0.1) is 0 Å². The van der Waals surface area contributed by atoms with Crippen LogP contribution in [0.1, 0.15) is 17.1 Å². The van der Waals surface area contributed by atoms with E-state index in [1.54, 1.807) is 12.1 Å². The topological polar surface area (TPSA) is 60.7 Å². The van der Waals surface area contributed by atoms with Crippen LogP contribution in [0.3, 0.4) is 0 Å². The van der Waals surface area contributed by atoms with Crippen molar-refractivity contribution >= 4 is 18.2 Å². The molecule has 0 spiro atoms. The van der Waals surface area contributed by atoms with Gasteiger partial charge in [-0.3, -0.25) is 0 Å². The minimum absolute atomic E-state index is 0.0152. The van der Waals surface area contributed by atoms with Gasteiger partial charge in [-0.25, -0.2) is 0 Å². The van der Waals surface area contributed by atoms with Crippen LogP contribution in [0.2, 0.25) is 0 Å². The Morgan fingerprint density at radius 2 is 1.36 bits per heavy atom. The molecule has 0 amide bonds. The molecule has 1 aromatic heterocycles. The maximum atomic E-state index is 8.75. The maximum absolute atomic E-state index is 8.75. The third kappa shape index (κ3) is 4.13. The zero-order valence-electron chi connectivity index (χ0n) is 13.4. The van der Waals surface area contributed by atoms with E-state index < -0.39 is 0 Å². The maximum Gasteiger partial charge on any atom is 0.133 e. The third-order valence-corrected chi connectivity index (χ3v) is 3.63. The number of hydrogen-bond donors (Lipinski definition) is 0. The Hall–Kier alpha value is -3.82. The summed E-state index contributed by atoms with van der Waals surface area (Å²) >= 11 is 0. The molecule has 0 unspecified atom stereocenters. The summed E-state index contributed by atoms with van der Waals surface area (Å²) in [6.45, 7) is 0. The number of nitriles is 2. The van der Waals surface area contributed by atoms with E-state index in [1.807, 2.05) is 54.6 Å². The smallest absolute Gasteiger partial charge is 0.133 e. The van der Waals surface area contributed by atoms with Crippen LogP contribution in [-0.2, 0) is 0 Å². The highest BCUT2D eigenvalue weighted by Gasteiger charge is 2.00. The van der Waals surface area contributed by atoms with Crippen LogP contribution in [0.25, 0.3) is 29.4 Å². The molecule has 3 nitrogen and oxygen atoms in total. The van der Waals surface area contributed by atoms with Crippen molar-refractivity contribution in [3.63, 3.8) is 0 Å². The van der Waals surface area contributed by atoms with Gasteiger partial charge in [-0.05, 0) is 34.9 Å². The van der Waals surface area contributed by atoms with Crippen molar-refractivity contribution < 1.29 is 4.42 Å². The van der Waals surface area contributed by atoms with Gasteiger partial charge in [0.25, 0.3) is 0 Å². The summed E-state index contributed by atoms with van der Waals surface area (Å²) in [4.78, 5) is 0. The molecule has 0 atom stereocenters. The molecular formula is C22H14N2O. The Bertz CT molecular complexity index is 979. The number of nitrogens with zero attached hydrogens (tertiary/aromatic N) is 2. The van der Waals surface area contributed by atoms with Crippen molar-refractivity contribution in [3.05, 3.63) is 89.4 Å². The zero-order chi connectivity index (χ0) is 17.5. The highest BCUT2D eigenvalue weighted by atomic mass is 16.3. The van der Waals surface area contributed by atoms with Gasteiger partial charge in [0.2, 0.25) is 0 Å². The molecule has 1 heterocycles. The lowest BCUT2D eigenvalue weighted by Gasteiger charge is -2.01. The summed E-state index contributed by atoms with van der Waals surface area (Å²) in [6.07, 6.45) is 5.23. The van der Waals surface area contributed by atoms with Gasteiger partial charge in [0.1, 0.15) is 29.2 Å². The Balaban J connectivity index is 1.73. The highest BCUT2D eigenvalue weighted by molar-refractivity contribution is 5.71. The van der Waals surface area contributed by atoms with Crippen molar-refractivity contribution in [2.75, 3.05) is 0 Å². The summed E-state index contributed by atoms with van der Waals surface area (Å²) in [5.74, 6) is 1.14. The van der Waals surface area contributed by atoms with E-state index in [4.69, 9.17) is 14.9 Å². The van der Waals surface area contributed by atoms with E-state index in [0.29, 0.717) is 11.5 Å². The van der Waals surface area contributed by atoms with E-state index in [1.165, 1.54) is 17.2 Å². The first-order valence-electron chi connectivity index (χ1n) is 7.74. The zero-order valence-corrected chi connectivity index (χ0v) is 13.4. The van der Waals surface area contributed by atoms with Gasteiger partial charge < -0.3 is 4.42 Å². The van der Waals surface area contributed by atoms with Crippen LogP contribution in [-0.4, -0.2) is 0 Å². The van der Waals surface area contributed by atoms with Crippen molar-refractivity contribution in [3.8, 4) is 23.3 Å². The molecule has 3 heteroatoms. The first-order chi connectivity index (χ1) is 12.3. The SMILES string of the molecule is N#CC(C#N)=Cc1ccc(/C=C/c2ccc(-c3ccccc3)cc2)o1. The van der Waals surface area contributed by atoms with Crippen LogP contribution >= 0.6 is 0 Å². The molecular weight excluding hydrogens is 308 g/mol. The Morgan fingerprint density at radius 3 is 2.04 bits per heavy atom. The summed E-state index contributed by atoms with van der Waals surface area (Å²) in [5, 5.41) is 17.5. The van der Waals surface area contributed by atoms with Gasteiger partial charge >= 0.3 is 0 Å². The summed E-state index contributed by atoms with van der Waals surface area (Å²) in [6, 6.07) is 25.6. The molecule has 0 saturated carbocycles. The van der Waals surface area contributed by atoms with E-state index >= 15 is 0 Å². The second-order valence-electron chi connectivity index (χ2n) is 5.34. The minimum Gasteiger partial charge on any atom is -0.457 e. The lowest BCUT2D eigenvalue weighted by molar-refractivity contribution is 0.547.